The fourth-order valence-electron chi connectivity index (χ4n) is 15.1. The summed E-state index contributed by atoms with van der Waals surface area (Å²) in [7, 11) is 0. The quantitative estimate of drug-likeness (QED) is 0.0240. The average molecular weight is 1530 g/mol. The fourth-order valence-corrected chi connectivity index (χ4v) is 15.1. The Labute approximate surface area is 652 Å². The van der Waals surface area contributed by atoms with Crippen LogP contribution in [0.25, 0.3) is 44.6 Å². The molecule has 0 saturated carbocycles. The molecule has 6 aliphatic rings. The maximum Gasteiger partial charge on any atom is 0.262 e. The summed E-state index contributed by atoms with van der Waals surface area (Å²) in [6, 6.07) is 44.3. The first-order chi connectivity index (χ1) is 55.2. The Kier molecular flexibility index (Phi) is 24.0. The van der Waals surface area contributed by atoms with E-state index in [1.54, 1.807) is 29.2 Å². The summed E-state index contributed by atoms with van der Waals surface area (Å²) in [5.74, 6) is 3.18. The molecule has 4 aromatic heterocycles. The molecular formula is C84H90N16O13. The van der Waals surface area contributed by atoms with Crippen molar-refractivity contribution >= 4 is 63.2 Å². The van der Waals surface area contributed by atoms with E-state index >= 15 is 0 Å². The molecule has 6 aromatic carbocycles. The Hall–Kier alpha value is -12.0. The number of piperidine rings is 4. The van der Waals surface area contributed by atoms with Crippen LogP contribution >= 0.6 is 0 Å². The van der Waals surface area contributed by atoms with Crippen LogP contribution in [0.1, 0.15) is 100 Å². The van der Waals surface area contributed by atoms with E-state index in [2.05, 4.69) is 53.5 Å². The molecule has 4 fully saturated rings. The largest absolute Gasteiger partial charge is 0.491 e. The van der Waals surface area contributed by atoms with E-state index in [4.69, 9.17) is 59.6 Å². The molecule has 5 amide bonds. The van der Waals surface area contributed by atoms with Crippen molar-refractivity contribution in [3.63, 3.8) is 0 Å². The van der Waals surface area contributed by atoms with Gasteiger partial charge in [-0.1, -0.05) is 55.6 Å². The van der Waals surface area contributed by atoms with Gasteiger partial charge in [0.1, 0.15) is 95.5 Å². The van der Waals surface area contributed by atoms with Gasteiger partial charge in [-0.05, 0) is 160 Å². The summed E-state index contributed by atoms with van der Waals surface area (Å²) in [5, 5.41) is 17.0. The highest BCUT2D eigenvalue weighted by atomic mass is 16.6. The molecule has 584 valence electrons. The van der Waals surface area contributed by atoms with Crippen LogP contribution in [0.5, 0.6) is 34.5 Å². The number of likely N-dealkylation sites (tertiary alicyclic amines) is 2. The second-order valence-electron chi connectivity index (χ2n) is 28.4. The van der Waals surface area contributed by atoms with E-state index in [0.29, 0.717) is 132 Å². The Balaban J connectivity index is 0.000000178. The first-order valence-corrected chi connectivity index (χ1v) is 38.3. The molecule has 10 aromatic rings. The number of fused-ring (bicyclic) bond motifs is 4. The lowest BCUT2D eigenvalue weighted by Crippen LogP contribution is -2.51. The van der Waals surface area contributed by atoms with Crippen LogP contribution in [0, 0.1) is 0 Å². The highest BCUT2D eigenvalue weighted by Gasteiger charge is 2.45. The molecule has 4 saturated heterocycles. The number of hydrogen-bond acceptors (Lipinski definition) is 23. The molecule has 0 spiro atoms. The van der Waals surface area contributed by atoms with Crippen molar-refractivity contribution in [2.24, 2.45) is 0 Å². The van der Waals surface area contributed by atoms with Gasteiger partial charge >= 0.3 is 0 Å². The van der Waals surface area contributed by atoms with Crippen molar-refractivity contribution in [2.75, 3.05) is 117 Å². The molecule has 6 aliphatic heterocycles. The number of rotatable bonds is 30. The number of nitrogens with zero attached hydrogens (tertiary/aromatic N) is 12. The maximum absolute atomic E-state index is 13.1. The third-order valence-corrected chi connectivity index (χ3v) is 21.0. The number of para-hydroxylation sites is 2. The van der Waals surface area contributed by atoms with Crippen molar-refractivity contribution in [2.45, 2.75) is 82.1 Å². The molecule has 0 radical (unpaired) electrons. The van der Waals surface area contributed by atoms with Crippen LogP contribution in [0.4, 0.5) is 11.6 Å². The number of imide groups is 1. The Morgan fingerprint density at radius 1 is 0.425 bits per heavy atom. The average Bonchev–Trinajstić information content (AvgIpc) is 1.65. The van der Waals surface area contributed by atoms with Crippen molar-refractivity contribution in [3.8, 4) is 57.0 Å². The smallest absolute Gasteiger partial charge is 0.262 e. The molecular weight excluding hydrogens is 1440 g/mol. The number of aromatic nitrogens is 8. The summed E-state index contributed by atoms with van der Waals surface area (Å²) in [5.41, 5.74) is 20.8. The molecule has 2 unspecified atom stereocenters. The zero-order chi connectivity index (χ0) is 77.7. The van der Waals surface area contributed by atoms with Gasteiger partial charge in [0.15, 0.2) is 11.3 Å². The van der Waals surface area contributed by atoms with E-state index in [9.17, 15) is 24.0 Å². The van der Waals surface area contributed by atoms with Gasteiger partial charge in [-0.2, -0.15) is 10.2 Å². The number of nitrogens with one attached hydrogen (secondary N) is 2. The first-order valence-electron chi connectivity index (χ1n) is 38.3. The van der Waals surface area contributed by atoms with Gasteiger partial charge < -0.3 is 74.7 Å². The van der Waals surface area contributed by atoms with Crippen molar-refractivity contribution in [1.29, 1.82) is 0 Å². The first kappa shape index (κ1) is 76.4. The number of nitrogen functional groups attached to an aromatic ring is 2. The van der Waals surface area contributed by atoms with Gasteiger partial charge in [-0.15, -0.1) is 0 Å². The number of carbonyl (C=O) groups excluding carboxylic acids is 5. The second-order valence-corrected chi connectivity index (χ2v) is 28.4. The Morgan fingerprint density at radius 3 is 1.32 bits per heavy atom. The minimum Gasteiger partial charge on any atom is -0.491 e. The van der Waals surface area contributed by atoms with Crippen LogP contribution in [0.3, 0.4) is 0 Å². The molecule has 6 N–H and O–H groups in total. The van der Waals surface area contributed by atoms with Crippen LogP contribution in [0.15, 0.2) is 183 Å². The number of ether oxygens (including phenoxy) is 8. The number of anilines is 2. The highest BCUT2D eigenvalue weighted by molar-refractivity contribution is 6.23. The third kappa shape index (κ3) is 17.8. The summed E-state index contributed by atoms with van der Waals surface area (Å²) in [4.78, 5) is 89.3. The lowest BCUT2D eigenvalue weighted by Gasteiger charge is -2.32. The SMILES string of the molecule is C=C1CCC(N2C(=O)c3ccc(OCCOCCOCCN4CCC(n5nc(-c6ccc(Oc7ccccc7)cc6)c6c(N)ncnc65)CC4)cc3C2=O)C(=O)N1.C=C1CCC(N2Cc3ccc(OCCOCCOCCN4CCC(n5nc(-c6ccc(Oc7ccccc7)cc6)c6c(N)ncnc65)CC4)cc3C2=O)C(=O)N1. The zero-order valence-corrected chi connectivity index (χ0v) is 62.7. The summed E-state index contributed by atoms with van der Waals surface area (Å²) < 4.78 is 50.8. The molecule has 29 heteroatoms. The number of benzene rings is 6. The minimum atomic E-state index is -0.854. The zero-order valence-electron chi connectivity index (χ0n) is 62.7. The van der Waals surface area contributed by atoms with Crippen LogP contribution in [-0.2, 0) is 35.1 Å². The van der Waals surface area contributed by atoms with Crippen LogP contribution in [-0.4, -0.2) is 206 Å². The van der Waals surface area contributed by atoms with E-state index < -0.39 is 29.8 Å². The normalized spacial score (nSPS) is 17.6. The van der Waals surface area contributed by atoms with E-state index in [-0.39, 0.29) is 41.6 Å². The second kappa shape index (κ2) is 35.6. The minimum absolute atomic E-state index is 0.148. The number of carbonyl (C=O) groups is 5. The van der Waals surface area contributed by atoms with E-state index in [1.807, 2.05) is 131 Å². The van der Waals surface area contributed by atoms with Crippen molar-refractivity contribution in [3.05, 3.63) is 205 Å². The van der Waals surface area contributed by atoms with Gasteiger partial charge in [0.25, 0.3) is 17.7 Å². The topological polar surface area (TPSA) is 335 Å². The molecule has 113 heavy (non-hydrogen) atoms. The molecule has 10 heterocycles. The van der Waals surface area contributed by atoms with Gasteiger partial charge in [0.05, 0.1) is 86.8 Å². The Bertz CT molecular complexity index is 5090. The van der Waals surface area contributed by atoms with E-state index in [0.717, 1.165) is 143 Å². The monoisotopic (exact) mass is 1530 g/mol. The third-order valence-electron chi connectivity index (χ3n) is 21.0. The standard InChI is InChI=1S/C42H44N8O7.C42H46N8O6/c1-27-7-14-35(40(51)46-27)49-41(52)33-13-12-32(25-34(33)42(49)53)56-24-23-55-22-21-54-20-19-48-17-15-29(16-18-48)50-39-36(38(43)44-26-45-39)37(47-50)28-8-10-31(11-9-28)57-30-5-3-2-4-6-30;1-28-7-14-36(41(51)46-28)49-26-30-10-13-34(25-35(30)42(49)52)55-24-23-54-22-21-53-20-19-48-17-15-31(16-18-48)50-40-37(39(43)44-27-45-40)38(47-50)29-8-11-33(12-9-29)56-32-5-3-2-4-6-32/h2-6,8-13,25-26,29,35H,1,7,14-24H2,(H,46,51)(H2,43,44,45);2-6,8-13,25,27,31,36H,1,7,14-24,26H2,(H,46,51)(H2,43,44,45). The van der Waals surface area contributed by atoms with Crippen LogP contribution in [0.2, 0.25) is 0 Å². The lowest BCUT2D eigenvalue weighted by atomic mass is 10.0. The summed E-state index contributed by atoms with van der Waals surface area (Å²) in [6.07, 6.45) is 8.78. The fraction of sp³-hybridized carbons (Fsp3) is 0.345. The molecule has 0 bridgehead atoms. The predicted molar refractivity (Wildman–Crippen MR) is 421 cm³/mol. The number of allylic oxidation sites excluding steroid dienone is 2. The van der Waals surface area contributed by atoms with Gasteiger partial charge in [0.2, 0.25) is 11.8 Å². The molecule has 0 aliphatic carbocycles. The maximum atomic E-state index is 13.1. The summed E-state index contributed by atoms with van der Waals surface area (Å²) in [6.45, 7) is 17.6. The summed E-state index contributed by atoms with van der Waals surface area (Å²) >= 11 is 0. The predicted octanol–water partition coefficient (Wildman–Crippen LogP) is 10.4. The molecule has 2 atom stereocenters. The number of amides is 5. The number of nitrogens with two attached hydrogens (primary N) is 2. The number of hydrogen-bond donors (Lipinski definition) is 4. The molecule has 29 nitrogen and oxygen atoms in total. The Morgan fingerprint density at radius 2 is 0.841 bits per heavy atom. The van der Waals surface area contributed by atoms with Gasteiger partial charge in [-0.3, -0.25) is 28.9 Å². The highest BCUT2D eigenvalue weighted by Crippen LogP contribution is 2.39. The molecule has 16 rings (SSSR count). The van der Waals surface area contributed by atoms with Crippen molar-refractivity contribution < 1.29 is 61.9 Å². The lowest BCUT2D eigenvalue weighted by molar-refractivity contribution is -0.126. The van der Waals surface area contributed by atoms with Gasteiger partial charge in [-0.25, -0.2) is 29.3 Å². The van der Waals surface area contributed by atoms with Crippen LogP contribution < -0.4 is 41.0 Å². The van der Waals surface area contributed by atoms with Gasteiger partial charge in [0, 0.05) is 73.9 Å². The van der Waals surface area contributed by atoms with E-state index in [1.165, 1.54) is 12.7 Å². The van der Waals surface area contributed by atoms with Crippen molar-refractivity contribution in [1.82, 2.24) is 69.7 Å².